The Bertz CT molecular complexity index is 1490. The fraction of sp³-hybridized carbons (Fsp3) is 0.259. The van der Waals surface area contributed by atoms with E-state index >= 15 is 0 Å². The summed E-state index contributed by atoms with van der Waals surface area (Å²) >= 11 is 7.40. The molecule has 0 spiro atoms. The summed E-state index contributed by atoms with van der Waals surface area (Å²) in [4.78, 5) is 36.3. The second-order valence-electron chi connectivity index (χ2n) is 9.08. The molecule has 0 bridgehead atoms. The highest BCUT2D eigenvalue weighted by molar-refractivity contribution is 8.18. The summed E-state index contributed by atoms with van der Waals surface area (Å²) in [6.07, 6.45) is 0.339. The van der Waals surface area contributed by atoms with Gasteiger partial charge in [-0.25, -0.2) is 0 Å². The Labute approximate surface area is 231 Å². The molecular weight excluding hydrogens is 551 g/mol. The van der Waals surface area contributed by atoms with Crippen LogP contribution in [0.1, 0.15) is 18.4 Å². The number of aromatic nitrogens is 1. The molecule has 1 saturated heterocycles. The fourth-order valence-electron chi connectivity index (χ4n) is 4.44. The molecule has 0 saturated carbocycles. The summed E-state index contributed by atoms with van der Waals surface area (Å²) in [5.41, 5.74) is 1.89. The minimum Gasteiger partial charge on any atom is -0.333 e. The molecule has 0 atom stereocenters. The van der Waals surface area contributed by atoms with E-state index in [1.165, 1.54) is 18.2 Å². The van der Waals surface area contributed by atoms with Gasteiger partial charge in [-0.1, -0.05) is 23.7 Å². The predicted molar refractivity (Wildman–Crippen MR) is 149 cm³/mol. The molecule has 1 fully saturated rings. The molecule has 5 rings (SSSR count). The van der Waals surface area contributed by atoms with Crippen LogP contribution in [0.4, 0.5) is 24.5 Å². The first-order valence-corrected chi connectivity index (χ1v) is 13.4. The number of carbonyl (C=O) groups excluding carboxylic acids is 2. The minimum atomic E-state index is -5.03. The van der Waals surface area contributed by atoms with Crippen molar-refractivity contribution in [1.82, 2.24) is 9.88 Å². The first-order valence-electron chi connectivity index (χ1n) is 12.2. The van der Waals surface area contributed by atoms with Gasteiger partial charge in [0.1, 0.15) is 0 Å². The normalized spacial score (nSPS) is 17.2. The lowest BCUT2D eigenvalue weighted by atomic mass is 10.1. The number of benzene rings is 2. The van der Waals surface area contributed by atoms with Gasteiger partial charge < -0.3 is 15.1 Å². The number of aliphatic imine (C=N–C) groups is 1. The number of likely N-dealkylation sites (tertiary alicyclic amines) is 1. The van der Waals surface area contributed by atoms with Crippen molar-refractivity contribution in [3.05, 3.63) is 70.2 Å². The van der Waals surface area contributed by atoms with Gasteiger partial charge in [-0.15, -0.1) is 0 Å². The second-order valence-corrected chi connectivity index (χ2v) is 10.5. The number of hydrogen-bond acceptors (Lipinski definition) is 6. The molecule has 202 valence electrons. The molecule has 2 aliphatic heterocycles. The number of amides is 2. The number of rotatable bonds is 6. The Morgan fingerprint density at radius 1 is 1.15 bits per heavy atom. The van der Waals surface area contributed by atoms with E-state index in [9.17, 15) is 22.8 Å². The van der Waals surface area contributed by atoms with Crippen molar-refractivity contribution in [2.24, 2.45) is 4.99 Å². The molecule has 0 radical (unpaired) electrons. The zero-order valence-electron chi connectivity index (χ0n) is 20.5. The molecule has 0 aliphatic carbocycles. The van der Waals surface area contributed by atoms with Crippen LogP contribution < -0.4 is 10.2 Å². The Morgan fingerprint density at radius 3 is 2.72 bits per heavy atom. The van der Waals surface area contributed by atoms with Crippen LogP contribution in [0.5, 0.6) is 0 Å². The third kappa shape index (κ3) is 6.43. The lowest BCUT2D eigenvalue weighted by Crippen LogP contribution is -2.44. The summed E-state index contributed by atoms with van der Waals surface area (Å²) < 4.78 is 40.3. The van der Waals surface area contributed by atoms with E-state index in [-0.39, 0.29) is 28.1 Å². The number of nitrogens with zero attached hydrogens (tertiary/aromatic N) is 4. The average molecular weight is 574 g/mol. The number of thioether (sulfide) groups is 1. The Morgan fingerprint density at radius 2 is 1.95 bits per heavy atom. The summed E-state index contributed by atoms with van der Waals surface area (Å²) in [6.45, 7) is 1.78. The quantitative estimate of drug-likeness (QED) is 0.367. The Balaban J connectivity index is 1.34. The predicted octanol–water partition coefficient (Wildman–Crippen LogP) is 5.96. The van der Waals surface area contributed by atoms with E-state index in [0.717, 1.165) is 54.2 Å². The monoisotopic (exact) mass is 573 g/mol. The molecule has 2 aromatic carbocycles. The zero-order chi connectivity index (χ0) is 27.6. The zero-order valence-corrected chi connectivity index (χ0v) is 22.1. The molecule has 12 heteroatoms. The molecule has 2 amide bonds. The van der Waals surface area contributed by atoms with Crippen molar-refractivity contribution >= 4 is 68.7 Å². The number of anilines is 2. The SMILES string of the molecule is O=C1N=C(Nc2cc(N(CCN3CCCC3)C(=O)C(F)(F)F)ccc2Cl)SC1=Cc1ccc2ncccc2c1. The number of alkyl halides is 3. The highest BCUT2D eigenvalue weighted by Gasteiger charge is 2.43. The molecule has 7 nitrogen and oxygen atoms in total. The maximum Gasteiger partial charge on any atom is 0.471 e. The van der Waals surface area contributed by atoms with Gasteiger partial charge in [-0.2, -0.15) is 18.2 Å². The molecule has 1 aromatic heterocycles. The molecule has 39 heavy (non-hydrogen) atoms. The van der Waals surface area contributed by atoms with Gasteiger partial charge in [0, 0.05) is 30.4 Å². The first-order chi connectivity index (χ1) is 18.7. The smallest absolute Gasteiger partial charge is 0.333 e. The van der Waals surface area contributed by atoms with Crippen molar-refractivity contribution < 1.29 is 22.8 Å². The third-order valence-electron chi connectivity index (χ3n) is 6.37. The topological polar surface area (TPSA) is 77.9 Å². The Kier molecular flexibility index (Phi) is 7.92. The lowest BCUT2D eigenvalue weighted by molar-refractivity contribution is -0.170. The van der Waals surface area contributed by atoms with Crippen LogP contribution in [-0.4, -0.2) is 59.2 Å². The van der Waals surface area contributed by atoms with Crippen LogP contribution in [0.25, 0.3) is 17.0 Å². The number of amidine groups is 1. The highest BCUT2D eigenvalue weighted by atomic mass is 35.5. The number of hydrogen-bond donors (Lipinski definition) is 1. The van der Waals surface area contributed by atoms with Crippen LogP contribution in [-0.2, 0) is 9.59 Å². The van der Waals surface area contributed by atoms with Crippen molar-refractivity contribution in [3.8, 4) is 0 Å². The third-order valence-corrected chi connectivity index (χ3v) is 7.60. The molecule has 0 unspecified atom stereocenters. The van der Waals surface area contributed by atoms with Crippen LogP contribution in [0, 0.1) is 0 Å². The van der Waals surface area contributed by atoms with E-state index in [1.807, 2.05) is 35.2 Å². The van der Waals surface area contributed by atoms with Crippen LogP contribution in [0.3, 0.4) is 0 Å². The summed E-state index contributed by atoms with van der Waals surface area (Å²) in [6, 6.07) is 13.5. The second kappa shape index (κ2) is 11.4. The summed E-state index contributed by atoms with van der Waals surface area (Å²) in [5.74, 6) is -2.41. The van der Waals surface area contributed by atoms with Crippen LogP contribution >= 0.6 is 23.4 Å². The maximum absolute atomic E-state index is 13.4. The Hall–Kier alpha value is -3.41. The van der Waals surface area contributed by atoms with Crippen molar-refractivity contribution in [1.29, 1.82) is 0 Å². The molecule has 3 aromatic rings. The van der Waals surface area contributed by atoms with E-state index in [4.69, 9.17) is 11.6 Å². The standard InChI is InChI=1S/C27H23ClF3N5O2S/c28-20-7-6-19(36(25(38)27(29,30)31)13-12-35-10-1-2-11-35)16-22(20)33-26-34-24(37)23(39-26)15-17-5-8-21-18(14-17)4-3-9-32-21/h3-9,14-16H,1-2,10-13H2,(H,33,34,37). The molecule has 2 aliphatic rings. The van der Waals surface area contributed by atoms with Gasteiger partial charge in [0.05, 0.1) is 21.1 Å². The number of carbonyl (C=O) groups is 2. The van der Waals surface area contributed by atoms with Crippen LogP contribution in [0.2, 0.25) is 5.02 Å². The summed E-state index contributed by atoms with van der Waals surface area (Å²) in [5, 5.41) is 4.28. The van der Waals surface area contributed by atoms with Crippen molar-refractivity contribution in [2.75, 3.05) is 36.4 Å². The van der Waals surface area contributed by atoms with Crippen LogP contribution in [0.15, 0.2) is 64.6 Å². The molecule has 1 N–H and O–H groups in total. The number of nitrogens with one attached hydrogen (secondary N) is 1. The largest absolute Gasteiger partial charge is 0.471 e. The molecular formula is C27H23ClF3N5O2S. The van der Waals surface area contributed by atoms with E-state index < -0.39 is 18.0 Å². The van der Waals surface area contributed by atoms with E-state index in [2.05, 4.69) is 15.3 Å². The van der Waals surface area contributed by atoms with Gasteiger partial charge in [0.2, 0.25) is 0 Å². The maximum atomic E-state index is 13.4. The highest BCUT2D eigenvalue weighted by Crippen LogP contribution is 2.34. The first kappa shape index (κ1) is 27.2. The van der Waals surface area contributed by atoms with Gasteiger partial charge in [-0.05, 0) is 85.7 Å². The average Bonchev–Trinajstić information content (AvgIpc) is 3.54. The van der Waals surface area contributed by atoms with Gasteiger partial charge in [0.15, 0.2) is 5.17 Å². The lowest BCUT2D eigenvalue weighted by Gasteiger charge is -2.27. The van der Waals surface area contributed by atoms with Crippen molar-refractivity contribution in [3.63, 3.8) is 0 Å². The minimum absolute atomic E-state index is 0.0406. The van der Waals surface area contributed by atoms with Gasteiger partial charge in [0.25, 0.3) is 5.91 Å². The van der Waals surface area contributed by atoms with E-state index in [1.54, 1.807) is 12.3 Å². The van der Waals surface area contributed by atoms with Gasteiger partial charge >= 0.3 is 12.1 Å². The van der Waals surface area contributed by atoms with Gasteiger partial charge in [-0.3, -0.25) is 14.6 Å². The summed E-state index contributed by atoms with van der Waals surface area (Å²) in [7, 11) is 0. The number of halogens is 4. The number of pyridine rings is 1. The molecule has 3 heterocycles. The van der Waals surface area contributed by atoms with Crippen molar-refractivity contribution in [2.45, 2.75) is 19.0 Å². The van der Waals surface area contributed by atoms with E-state index in [0.29, 0.717) is 16.3 Å². The number of fused-ring (bicyclic) bond motifs is 1. The fourth-order valence-corrected chi connectivity index (χ4v) is 5.43.